The summed E-state index contributed by atoms with van der Waals surface area (Å²) in [6.07, 6.45) is 4.44. The minimum Gasteiger partial charge on any atom is -0.339 e. The van der Waals surface area contributed by atoms with E-state index >= 15 is 0 Å². The molecule has 2 saturated heterocycles. The maximum Gasteiger partial charge on any atom is 0.222 e. The molecule has 0 bridgehead atoms. The van der Waals surface area contributed by atoms with Crippen LogP contribution < -0.4 is 0 Å². The maximum atomic E-state index is 11.3. The van der Waals surface area contributed by atoms with E-state index in [0.29, 0.717) is 11.9 Å². The zero-order valence-electron chi connectivity index (χ0n) is 7.05. The molecular formula is C9H15NO. The summed E-state index contributed by atoms with van der Waals surface area (Å²) in [5.74, 6) is 1.14. The van der Waals surface area contributed by atoms with Gasteiger partial charge in [-0.2, -0.15) is 0 Å². The van der Waals surface area contributed by atoms with Crippen LogP contribution >= 0.6 is 0 Å². The molecule has 0 aromatic heterocycles. The second-order valence-electron chi connectivity index (χ2n) is 3.81. The fourth-order valence-electron chi connectivity index (χ4n) is 2.41. The minimum absolute atomic E-state index is 0.390. The van der Waals surface area contributed by atoms with Gasteiger partial charge in [0.05, 0.1) is 0 Å². The van der Waals surface area contributed by atoms with Gasteiger partial charge in [0.2, 0.25) is 5.91 Å². The molecule has 11 heavy (non-hydrogen) atoms. The van der Waals surface area contributed by atoms with Crippen molar-refractivity contribution < 1.29 is 4.79 Å². The van der Waals surface area contributed by atoms with Crippen LogP contribution in [0.1, 0.15) is 32.6 Å². The molecule has 0 N–H and O–H groups in total. The number of piperidine rings is 1. The number of nitrogens with zero attached hydrogens (tertiary/aromatic N) is 1. The van der Waals surface area contributed by atoms with Crippen molar-refractivity contribution in [2.75, 3.05) is 6.54 Å². The van der Waals surface area contributed by atoms with E-state index in [0.717, 1.165) is 25.3 Å². The van der Waals surface area contributed by atoms with E-state index in [-0.39, 0.29) is 0 Å². The number of amides is 1. The maximum absolute atomic E-state index is 11.3. The first kappa shape index (κ1) is 7.14. The van der Waals surface area contributed by atoms with Gasteiger partial charge in [-0.1, -0.05) is 6.92 Å². The molecule has 0 spiro atoms. The van der Waals surface area contributed by atoms with Crippen LogP contribution in [0.4, 0.5) is 0 Å². The lowest BCUT2D eigenvalue weighted by atomic mass is 9.91. The van der Waals surface area contributed by atoms with E-state index in [2.05, 4.69) is 11.8 Å². The van der Waals surface area contributed by atoms with Gasteiger partial charge in [-0.05, 0) is 25.2 Å². The van der Waals surface area contributed by atoms with Gasteiger partial charge < -0.3 is 4.90 Å². The fourth-order valence-corrected chi connectivity index (χ4v) is 2.41. The Kier molecular flexibility index (Phi) is 1.63. The molecule has 0 radical (unpaired) electrons. The monoisotopic (exact) mass is 153 g/mol. The molecular weight excluding hydrogens is 138 g/mol. The van der Waals surface area contributed by atoms with E-state index in [4.69, 9.17) is 0 Å². The molecule has 2 aliphatic rings. The van der Waals surface area contributed by atoms with Crippen molar-refractivity contribution in [3.8, 4) is 0 Å². The van der Waals surface area contributed by atoms with Gasteiger partial charge >= 0.3 is 0 Å². The minimum atomic E-state index is 0.390. The lowest BCUT2D eigenvalue weighted by Crippen LogP contribution is -2.41. The van der Waals surface area contributed by atoms with E-state index in [1.54, 1.807) is 0 Å². The van der Waals surface area contributed by atoms with Crippen LogP contribution in [0, 0.1) is 5.92 Å². The summed E-state index contributed by atoms with van der Waals surface area (Å²) in [6.45, 7) is 3.29. The highest BCUT2D eigenvalue weighted by Gasteiger charge is 2.36. The summed E-state index contributed by atoms with van der Waals surface area (Å²) in [5, 5.41) is 0. The van der Waals surface area contributed by atoms with Crippen LogP contribution in [0.5, 0.6) is 0 Å². The third-order valence-corrected chi connectivity index (χ3v) is 3.09. The first-order chi connectivity index (χ1) is 5.29. The Hall–Kier alpha value is -0.530. The van der Waals surface area contributed by atoms with E-state index in [1.807, 2.05) is 0 Å². The van der Waals surface area contributed by atoms with Gasteiger partial charge in [-0.25, -0.2) is 0 Å². The van der Waals surface area contributed by atoms with Crippen molar-refractivity contribution in [2.24, 2.45) is 5.92 Å². The number of fused-ring (bicyclic) bond motifs is 1. The molecule has 2 rings (SSSR count). The third-order valence-electron chi connectivity index (χ3n) is 3.09. The van der Waals surface area contributed by atoms with Crippen molar-refractivity contribution in [2.45, 2.75) is 38.6 Å². The van der Waals surface area contributed by atoms with Gasteiger partial charge in [0.1, 0.15) is 0 Å². The van der Waals surface area contributed by atoms with Crippen molar-refractivity contribution in [1.29, 1.82) is 0 Å². The quantitative estimate of drug-likeness (QED) is 0.515. The molecule has 2 heteroatoms. The standard InChI is InChI=1S/C9H15NO/c1-7-3-2-6-10-8(7)4-5-9(10)11/h7-8H,2-6H2,1H3/t7-,8+/m1/s1. The first-order valence-electron chi connectivity index (χ1n) is 4.58. The van der Waals surface area contributed by atoms with Crippen LogP contribution in [-0.2, 0) is 4.79 Å². The molecule has 0 aliphatic carbocycles. The zero-order chi connectivity index (χ0) is 7.84. The van der Waals surface area contributed by atoms with Gasteiger partial charge in [0.15, 0.2) is 0 Å². The van der Waals surface area contributed by atoms with Crippen LogP contribution in [-0.4, -0.2) is 23.4 Å². The Morgan fingerprint density at radius 1 is 1.45 bits per heavy atom. The van der Waals surface area contributed by atoms with Crippen molar-refractivity contribution in [3.05, 3.63) is 0 Å². The molecule has 0 aromatic carbocycles. The number of carbonyl (C=O) groups is 1. The third kappa shape index (κ3) is 1.05. The fraction of sp³-hybridized carbons (Fsp3) is 0.889. The Morgan fingerprint density at radius 2 is 2.27 bits per heavy atom. The molecule has 62 valence electrons. The van der Waals surface area contributed by atoms with Gasteiger partial charge in [-0.3, -0.25) is 4.79 Å². The predicted molar refractivity (Wildman–Crippen MR) is 43.1 cm³/mol. The number of rotatable bonds is 0. The zero-order valence-corrected chi connectivity index (χ0v) is 7.05. The highest BCUT2D eigenvalue weighted by molar-refractivity contribution is 5.78. The van der Waals surface area contributed by atoms with Gasteiger partial charge in [0, 0.05) is 19.0 Å². The van der Waals surface area contributed by atoms with Crippen LogP contribution in [0.15, 0.2) is 0 Å². The second kappa shape index (κ2) is 2.50. The van der Waals surface area contributed by atoms with Gasteiger partial charge in [0.25, 0.3) is 0 Å². The van der Waals surface area contributed by atoms with Crippen LogP contribution in [0.3, 0.4) is 0 Å². The smallest absolute Gasteiger partial charge is 0.222 e. The highest BCUT2D eigenvalue weighted by Crippen LogP contribution is 2.31. The Labute approximate surface area is 67.6 Å². The summed E-state index contributed by atoms with van der Waals surface area (Å²) < 4.78 is 0. The Bertz CT molecular complexity index is 178. The summed E-state index contributed by atoms with van der Waals surface area (Å²) in [5.41, 5.74) is 0. The Balaban J connectivity index is 2.12. The largest absolute Gasteiger partial charge is 0.339 e. The Morgan fingerprint density at radius 3 is 3.00 bits per heavy atom. The SMILES string of the molecule is C[C@@H]1CCCN2C(=O)CC[C@@H]12. The average Bonchev–Trinajstić information content (AvgIpc) is 2.35. The number of hydrogen-bond donors (Lipinski definition) is 0. The lowest BCUT2D eigenvalue weighted by Gasteiger charge is -2.34. The van der Waals surface area contributed by atoms with Crippen molar-refractivity contribution >= 4 is 5.91 Å². The van der Waals surface area contributed by atoms with E-state index in [1.165, 1.54) is 12.8 Å². The van der Waals surface area contributed by atoms with Crippen molar-refractivity contribution in [3.63, 3.8) is 0 Å². The predicted octanol–water partition coefficient (Wildman–Crippen LogP) is 1.41. The summed E-state index contributed by atoms with van der Waals surface area (Å²) in [4.78, 5) is 13.4. The van der Waals surface area contributed by atoms with E-state index < -0.39 is 0 Å². The molecule has 0 unspecified atom stereocenters. The topological polar surface area (TPSA) is 20.3 Å². The summed E-state index contributed by atoms with van der Waals surface area (Å²) in [7, 11) is 0. The lowest BCUT2D eigenvalue weighted by molar-refractivity contribution is -0.130. The highest BCUT2D eigenvalue weighted by atomic mass is 16.2. The van der Waals surface area contributed by atoms with Crippen LogP contribution in [0.2, 0.25) is 0 Å². The summed E-state index contributed by atoms with van der Waals surface area (Å²) >= 11 is 0. The second-order valence-corrected chi connectivity index (χ2v) is 3.81. The molecule has 2 atom stereocenters. The van der Waals surface area contributed by atoms with Gasteiger partial charge in [-0.15, -0.1) is 0 Å². The number of hydrogen-bond acceptors (Lipinski definition) is 1. The normalized spacial score (nSPS) is 37.5. The van der Waals surface area contributed by atoms with E-state index in [9.17, 15) is 4.79 Å². The molecule has 2 aliphatic heterocycles. The number of carbonyl (C=O) groups excluding carboxylic acids is 1. The molecule has 2 fully saturated rings. The molecule has 2 heterocycles. The van der Waals surface area contributed by atoms with Crippen LogP contribution in [0.25, 0.3) is 0 Å². The first-order valence-corrected chi connectivity index (χ1v) is 4.58. The molecule has 2 nitrogen and oxygen atoms in total. The average molecular weight is 153 g/mol. The molecule has 0 aromatic rings. The van der Waals surface area contributed by atoms with Crippen molar-refractivity contribution in [1.82, 2.24) is 4.90 Å². The molecule has 0 saturated carbocycles. The summed E-state index contributed by atoms with van der Waals surface area (Å²) in [6, 6.07) is 0.594. The molecule has 1 amide bonds.